The number of hydrogen-bond acceptors (Lipinski definition) is 4. The van der Waals surface area contributed by atoms with E-state index < -0.39 is 11.8 Å². The Morgan fingerprint density at radius 3 is 2.57 bits per heavy atom. The number of thioether (sulfide) groups is 1. The van der Waals surface area contributed by atoms with Crippen LogP contribution in [0.4, 0.5) is 5.82 Å². The van der Waals surface area contributed by atoms with Gasteiger partial charge in [0.15, 0.2) is 0 Å². The molecule has 2 aliphatic rings. The molecule has 2 N–H and O–H groups in total. The van der Waals surface area contributed by atoms with Crippen molar-refractivity contribution in [1.82, 2.24) is 15.1 Å². The predicted molar refractivity (Wildman–Crippen MR) is 121 cm³/mol. The third kappa shape index (κ3) is 4.41. The fraction of sp³-hybridized carbons (Fsp3) is 0.522. The molecule has 0 spiro atoms. The van der Waals surface area contributed by atoms with Crippen LogP contribution in [0, 0.1) is 18.3 Å². The molecular formula is C23H30N4O2S. The van der Waals surface area contributed by atoms with Crippen LogP contribution in [0.2, 0.25) is 0 Å². The summed E-state index contributed by atoms with van der Waals surface area (Å²) in [5, 5.41) is 10.5. The standard InChI is InChI=1S/C23H30N4O2S/c1-14-5-7-17(8-6-14)27-20(18-12-30-13-19(18)26-27)25-22(29)21(28)24-16-9-15(2)10-23(3,4)11-16/h5-8,15-16H,9-13H2,1-4H3,(H,24,28)(H,25,29)/t15-,16-/m0/s1. The van der Waals surface area contributed by atoms with Crippen LogP contribution in [0.3, 0.4) is 0 Å². The highest BCUT2D eigenvalue weighted by atomic mass is 32.2. The topological polar surface area (TPSA) is 76.0 Å². The second-order valence-corrected chi connectivity index (χ2v) is 10.5. The zero-order valence-electron chi connectivity index (χ0n) is 18.1. The number of nitrogens with zero attached hydrogens (tertiary/aromatic N) is 2. The first-order chi connectivity index (χ1) is 14.2. The molecule has 1 aliphatic heterocycles. The van der Waals surface area contributed by atoms with E-state index in [4.69, 9.17) is 5.10 Å². The number of rotatable bonds is 3. The number of benzene rings is 1. The average molecular weight is 427 g/mol. The van der Waals surface area contributed by atoms with Gasteiger partial charge in [-0.3, -0.25) is 9.59 Å². The summed E-state index contributed by atoms with van der Waals surface area (Å²) < 4.78 is 1.75. The minimum Gasteiger partial charge on any atom is -0.345 e. The average Bonchev–Trinajstić information content (AvgIpc) is 3.23. The highest BCUT2D eigenvalue weighted by Gasteiger charge is 2.34. The molecule has 4 rings (SSSR count). The van der Waals surface area contributed by atoms with Gasteiger partial charge in [-0.2, -0.15) is 16.9 Å². The van der Waals surface area contributed by atoms with Gasteiger partial charge in [-0.1, -0.05) is 38.5 Å². The number of aromatic nitrogens is 2. The smallest absolute Gasteiger partial charge is 0.314 e. The maximum absolute atomic E-state index is 12.8. The van der Waals surface area contributed by atoms with Gasteiger partial charge in [0.1, 0.15) is 5.82 Å². The van der Waals surface area contributed by atoms with Crippen LogP contribution in [0.1, 0.15) is 56.9 Å². The van der Waals surface area contributed by atoms with Gasteiger partial charge < -0.3 is 10.6 Å². The van der Waals surface area contributed by atoms with Crippen LogP contribution in [-0.2, 0) is 21.1 Å². The van der Waals surface area contributed by atoms with Crippen LogP contribution >= 0.6 is 11.8 Å². The maximum Gasteiger partial charge on any atom is 0.314 e. The van der Waals surface area contributed by atoms with Gasteiger partial charge in [0.25, 0.3) is 0 Å². The zero-order valence-corrected chi connectivity index (χ0v) is 18.9. The van der Waals surface area contributed by atoms with Gasteiger partial charge in [-0.15, -0.1) is 0 Å². The number of anilines is 1. The minimum absolute atomic E-state index is 0.0327. The molecule has 0 radical (unpaired) electrons. The lowest BCUT2D eigenvalue weighted by Crippen LogP contribution is -2.46. The van der Waals surface area contributed by atoms with Crippen molar-refractivity contribution in [2.45, 2.75) is 64.5 Å². The molecule has 0 saturated heterocycles. The van der Waals surface area contributed by atoms with E-state index in [0.717, 1.165) is 53.3 Å². The number of fused-ring (bicyclic) bond motifs is 1. The molecule has 7 heteroatoms. The summed E-state index contributed by atoms with van der Waals surface area (Å²) in [7, 11) is 0. The molecular weight excluding hydrogens is 396 g/mol. The summed E-state index contributed by atoms with van der Waals surface area (Å²) in [6, 6.07) is 8.02. The Bertz CT molecular complexity index is 964. The maximum atomic E-state index is 12.8. The molecule has 0 bridgehead atoms. The van der Waals surface area contributed by atoms with Crippen LogP contribution in [0.15, 0.2) is 24.3 Å². The van der Waals surface area contributed by atoms with Crippen LogP contribution in [-0.4, -0.2) is 27.6 Å². The summed E-state index contributed by atoms with van der Waals surface area (Å²) in [4.78, 5) is 25.5. The number of hydrogen-bond donors (Lipinski definition) is 2. The summed E-state index contributed by atoms with van der Waals surface area (Å²) >= 11 is 1.77. The molecule has 1 aromatic heterocycles. The Balaban J connectivity index is 1.52. The molecule has 1 aliphatic carbocycles. The molecule has 2 aromatic rings. The molecule has 1 saturated carbocycles. The van der Waals surface area contributed by atoms with Crippen LogP contribution < -0.4 is 10.6 Å². The van der Waals surface area contributed by atoms with Crippen molar-refractivity contribution in [3.63, 3.8) is 0 Å². The fourth-order valence-electron chi connectivity index (χ4n) is 4.89. The van der Waals surface area contributed by atoms with Crippen molar-refractivity contribution < 1.29 is 9.59 Å². The summed E-state index contributed by atoms with van der Waals surface area (Å²) in [5.74, 6) is 1.55. The number of nitrogens with one attached hydrogen (secondary N) is 2. The highest BCUT2D eigenvalue weighted by molar-refractivity contribution is 7.98. The van der Waals surface area contributed by atoms with E-state index >= 15 is 0 Å². The molecule has 160 valence electrons. The number of carbonyl (C=O) groups is 2. The van der Waals surface area contributed by atoms with E-state index in [2.05, 4.69) is 31.4 Å². The van der Waals surface area contributed by atoms with E-state index in [1.807, 2.05) is 31.2 Å². The van der Waals surface area contributed by atoms with Gasteiger partial charge in [0, 0.05) is 23.1 Å². The Labute approximate surface area is 182 Å². The SMILES string of the molecule is Cc1ccc(-n2nc3c(c2NC(=O)C(=O)N[C@H]2C[C@H](C)CC(C)(C)C2)CSC3)cc1. The fourth-order valence-corrected chi connectivity index (χ4v) is 5.92. The lowest BCUT2D eigenvalue weighted by molar-refractivity contribution is -0.137. The third-order valence-electron chi connectivity index (χ3n) is 5.99. The second-order valence-electron chi connectivity index (χ2n) is 9.55. The molecule has 0 unspecified atom stereocenters. The molecule has 2 heterocycles. The Morgan fingerprint density at radius 2 is 1.87 bits per heavy atom. The largest absolute Gasteiger partial charge is 0.345 e. The van der Waals surface area contributed by atoms with E-state index in [1.54, 1.807) is 16.4 Å². The monoisotopic (exact) mass is 426 g/mol. The number of aryl methyl sites for hydroxylation is 1. The number of amides is 2. The van der Waals surface area contributed by atoms with E-state index in [-0.39, 0.29) is 11.5 Å². The Morgan fingerprint density at radius 1 is 1.13 bits per heavy atom. The van der Waals surface area contributed by atoms with Crippen LogP contribution in [0.25, 0.3) is 5.69 Å². The van der Waals surface area contributed by atoms with Crippen LogP contribution in [0.5, 0.6) is 0 Å². The van der Waals surface area contributed by atoms with Crippen molar-refractivity contribution in [2.24, 2.45) is 11.3 Å². The van der Waals surface area contributed by atoms with Crippen molar-refractivity contribution in [1.29, 1.82) is 0 Å². The molecule has 1 fully saturated rings. The summed E-state index contributed by atoms with van der Waals surface area (Å²) in [6.07, 6.45) is 2.95. The van der Waals surface area contributed by atoms with Gasteiger partial charge in [-0.25, -0.2) is 4.68 Å². The van der Waals surface area contributed by atoms with Crippen molar-refractivity contribution in [3.8, 4) is 5.69 Å². The lowest BCUT2D eigenvalue weighted by Gasteiger charge is -2.39. The van der Waals surface area contributed by atoms with Crippen molar-refractivity contribution in [3.05, 3.63) is 41.1 Å². The first-order valence-corrected chi connectivity index (χ1v) is 11.7. The molecule has 2 atom stereocenters. The van der Waals surface area contributed by atoms with Gasteiger partial charge in [-0.05, 0) is 49.7 Å². The molecule has 30 heavy (non-hydrogen) atoms. The molecule has 1 aromatic carbocycles. The number of carbonyl (C=O) groups excluding carboxylic acids is 2. The highest BCUT2D eigenvalue weighted by Crippen LogP contribution is 2.39. The first-order valence-electron chi connectivity index (χ1n) is 10.6. The Kier molecular flexibility index (Phi) is 5.66. The molecule has 6 nitrogen and oxygen atoms in total. The second kappa shape index (κ2) is 8.10. The third-order valence-corrected chi connectivity index (χ3v) is 6.96. The quantitative estimate of drug-likeness (QED) is 0.722. The predicted octanol–water partition coefficient (Wildman–Crippen LogP) is 4.20. The lowest BCUT2D eigenvalue weighted by atomic mass is 9.70. The van der Waals surface area contributed by atoms with E-state index in [0.29, 0.717) is 11.7 Å². The normalized spacial score (nSPS) is 22.4. The summed E-state index contributed by atoms with van der Waals surface area (Å²) in [5.41, 5.74) is 4.18. The zero-order chi connectivity index (χ0) is 21.5. The van der Waals surface area contributed by atoms with Crippen molar-refractivity contribution in [2.75, 3.05) is 5.32 Å². The first kappa shape index (κ1) is 21.0. The molecule has 2 amide bonds. The van der Waals surface area contributed by atoms with Gasteiger partial charge in [0.2, 0.25) is 0 Å². The van der Waals surface area contributed by atoms with E-state index in [9.17, 15) is 9.59 Å². The Hall–Kier alpha value is -2.28. The van der Waals surface area contributed by atoms with Gasteiger partial charge >= 0.3 is 11.8 Å². The summed E-state index contributed by atoms with van der Waals surface area (Å²) in [6.45, 7) is 8.69. The van der Waals surface area contributed by atoms with Gasteiger partial charge in [0.05, 0.1) is 11.4 Å². The minimum atomic E-state index is -0.626. The van der Waals surface area contributed by atoms with E-state index in [1.165, 1.54) is 0 Å². The van der Waals surface area contributed by atoms with Crippen molar-refractivity contribution >= 4 is 29.4 Å².